The number of imidazole rings is 1. The first-order chi connectivity index (χ1) is 17.7. The van der Waals surface area contributed by atoms with Crippen molar-refractivity contribution in [3.05, 3.63) is 76.4 Å². The Morgan fingerprint density at radius 3 is 2.76 bits per heavy atom. The van der Waals surface area contributed by atoms with Gasteiger partial charge < -0.3 is 14.4 Å². The van der Waals surface area contributed by atoms with Crippen LogP contribution in [0.25, 0.3) is 16.6 Å². The van der Waals surface area contributed by atoms with Gasteiger partial charge in [-0.1, -0.05) is 35.3 Å². The van der Waals surface area contributed by atoms with Gasteiger partial charge in [0.25, 0.3) is 0 Å². The topological polar surface area (TPSA) is 115 Å². The maximum Gasteiger partial charge on any atom is 0.307 e. The molecule has 0 bridgehead atoms. The highest BCUT2D eigenvalue weighted by molar-refractivity contribution is 7.89. The van der Waals surface area contributed by atoms with Crippen LogP contribution >= 0.6 is 23.2 Å². The van der Waals surface area contributed by atoms with E-state index in [1.165, 1.54) is 12.1 Å². The fraction of sp³-hybridized carbons (Fsp3) is 0.240. The molecule has 1 atom stereocenters. The zero-order valence-electron chi connectivity index (χ0n) is 19.6. The summed E-state index contributed by atoms with van der Waals surface area (Å²) in [5, 5.41) is 10.3. The van der Waals surface area contributed by atoms with Gasteiger partial charge in [-0.15, -0.1) is 0 Å². The lowest BCUT2D eigenvalue weighted by Crippen LogP contribution is -2.30. The van der Waals surface area contributed by atoms with E-state index in [2.05, 4.69) is 9.97 Å². The Morgan fingerprint density at radius 2 is 2.05 bits per heavy atom. The number of carbonyl (C=O) groups is 1. The zero-order valence-corrected chi connectivity index (χ0v) is 22.0. The van der Waals surface area contributed by atoms with Crippen LogP contribution in [-0.2, 0) is 21.4 Å². The van der Waals surface area contributed by atoms with Crippen molar-refractivity contribution in [3.8, 4) is 11.4 Å². The third-order valence-corrected chi connectivity index (χ3v) is 9.14. The number of carboxylic acid groups (broad SMARTS) is 1. The molecule has 1 unspecified atom stereocenters. The maximum atomic E-state index is 13.3. The van der Waals surface area contributed by atoms with E-state index in [1.54, 1.807) is 18.6 Å². The molecule has 1 fully saturated rings. The van der Waals surface area contributed by atoms with Crippen molar-refractivity contribution in [2.75, 3.05) is 13.1 Å². The van der Waals surface area contributed by atoms with E-state index >= 15 is 0 Å². The average molecular weight is 561 g/mol. The summed E-state index contributed by atoms with van der Waals surface area (Å²) in [7, 11) is -4.03. The van der Waals surface area contributed by atoms with Gasteiger partial charge in [0.2, 0.25) is 10.0 Å². The molecular weight excluding hydrogens is 539 g/mol. The Morgan fingerprint density at radius 1 is 1.24 bits per heavy atom. The van der Waals surface area contributed by atoms with E-state index < -0.39 is 21.9 Å². The number of aromatic nitrogens is 3. The third-order valence-electron chi connectivity index (χ3n) is 6.33. The van der Waals surface area contributed by atoms with E-state index in [9.17, 15) is 18.3 Å². The standard InChI is InChI=1S/C25H22Cl2N4O5S/c1-15-11-20(30-10-8-28-14-30)17-3-2-4-21(24(17)29-15)36-13-18-19(26)5-6-22(23(18)27)37(34,35)31-9-7-16(12-31)25(32)33/h2-6,8,10-11,14,16H,7,9,12-13H2,1H3,(H,32,33). The largest absolute Gasteiger partial charge is 0.487 e. The lowest BCUT2D eigenvalue weighted by molar-refractivity contribution is -0.141. The van der Waals surface area contributed by atoms with Crippen molar-refractivity contribution in [2.45, 2.75) is 24.8 Å². The predicted molar refractivity (Wildman–Crippen MR) is 139 cm³/mol. The Hall–Kier alpha value is -3.18. The van der Waals surface area contributed by atoms with Gasteiger partial charge in [0, 0.05) is 47.1 Å². The number of rotatable bonds is 7. The van der Waals surface area contributed by atoms with Gasteiger partial charge in [-0.2, -0.15) is 4.31 Å². The molecule has 0 aliphatic carbocycles. The average Bonchev–Trinajstić information content (AvgIpc) is 3.56. The predicted octanol–water partition coefficient (Wildman–Crippen LogP) is 4.71. The van der Waals surface area contributed by atoms with Crippen LogP contribution in [0.2, 0.25) is 10.0 Å². The summed E-state index contributed by atoms with van der Waals surface area (Å²) in [5.41, 5.74) is 2.60. The van der Waals surface area contributed by atoms with Gasteiger partial charge >= 0.3 is 5.97 Å². The monoisotopic (exact) mass is 560 g/mol. The third kappa shape index (κ3) is 4.77. The molecule has 12 heteroatoms. The highest BCUT2D eigenvalue weighted by Crippen LogP contribution is 2.36. The summed E-state index contributed by atoms with van der Waals surface area (Å²) >= 11 is 13.0. The van der Waals surface area contributed by atoms with Crippen LogP contribution in [0, 0.1) is 12.8 Å². The van der Waals surface area contributed by atoms with Crippen LogP contribution in [0.5, 0.6) is 5.75 Å². The Labute approximate surface area is 223 Å². The van der Waals surface area contributed by atoms with Crippen LogP contribution in [0.4, 0.5) is 0 Å². The van der Waals surface area contributed by atoms with Gasteiger partial charge in [-0.25, -0.2) is 18.4 Å². The lowest BCUT2D eigenvalue weighted by Gasteiger charge is -2.19. The van der Waals surface area contributed by atoms with E-state index in [4.69, 9.17) is 27.9 Å². The number of ether oxygens (including phenoxy) is 1. The number of aryl methyl sites for hydroxylation is 1. The van der Waals surface area contributed by atoms with Crippen LogP contribution in [0.15, 0.2) is 60.0 Å². The van der Waals surface area contributed by atoms with Crippen molar-refractivity contribution in [2.24, 2.45) is 5.92 Å². The summed E-state index contributed by atoms with van der Waals surface area (Å²) in [4.78, 5) is 19.9. The molecule has 1 aliphatic rings. The number of sulfonamides is 1. The van der Waals surface area contributed by atoms with E-state index in [1.807, 2.05) is 35.9 Å². The first-order valence-electron chi connectivity index (χ1n) is 11.4. The summed E-state index contributed by atoms with van der Waals surface area (Å²) in [6.07, 6.45) is 5.47. The Kier molecular flexibility index (Phi) is 6.84. The molecule has 1 N–H and O–H groups in total. The number of para-hydroxylation sites is 1. The minimum Gasteiger partial charge on any atom is -0.487 e. The molecule has 37 heavy (non-hydrogen) atoms. The normalized spacial score (nSPS) is 16.4. The summed E-state index contributed by atoms with van der Waals surface area (Å²) in [5.74, 6) is -1.30. The summed E-state index contributed by atoms with van der Waals surface area (Å²) < 4.78 is 35.7. The smallest absolute Gasteiger partial charge is 0.307 e. The molecule has 0 spiro atoms. The van der Waals surface area contributed by atoms with Gasteiger partial charge in [0.15, 0.2) is 0 Å². The second-order valence-corrected chi connectivity index (χ2v) is 11.4. The number of aliphatic carboxylic acids is 1. The number of nitrogens with zero attached hydrogens (tertiary/aromatic N) is 4. The van der Waals surface area contributed by atoms with E-state index in [0.717, 1.165) is 21.1 Å². The first kappa shape index (κ1) is 25.5. The number of fused-ring (bicyclic) bond motifs is 1. The van der Waals surface area contributed by atoms with Gasteiger partial charge in [-0.05, 0) is 37.6 Å². The first-order valence-corrected chi connectivity index (χ1v) is 13.6. The number of pyridine rings is 1. The fourth-order valence-electron chi connectivity index (χ4n) is 4.41. The molecule has 0 saturated carbocycles. The summed E-state index contributed by atoms with van der Waals surface area (Å²) in [6, 6.07) is 10.3. The van der Waals surface area contributed by atoms with Crippen molar-refractivity contribution >= 4 is 50.1 Å². The minimum absolute atomic E-state index is 0.0604. The number of hydrogen-bond donors (Lipinski definition) is 1. The highest BCUT2D eigenvalue weighted by Gasteiger charge is 2.37. The van der Waals surface area contributed by atoms with Crippen LogP contribution in [0.1, 0.15) is 17.7 Å². The molecule has 1 saturated heterocycles. The maximum absolute atomic E-state index is 13.3. The van der Waals surface area contributed by atoms with Crippen LogP contribution < -0.4 is 4.74 Å². The molecular formula is C25H22Cl2N4O5S. The zero-order chi connectivity index (χ0) is 26.3. The molecule has 9 nitrogen and oxygen atoms in total. The van der Waals surface area contributed by atoms with Crippen molar-refractivity contribution in [1.82, 2.24) is 18.8 Å². The SMILES string of the molecule is Cc1cc(-n2ccnc2)c2cccc(OCc3c(Cl)ccc(S(=O)(=O)N4CCC(C(=O)O)C4)c3Cl)c2n1. The number of halogens is 2. The molecule has 1 aliphatic heterocycles. The Bertz CT molecular complexity index is 1610. The molecule has 5 rings (SSSR count). The molecule has 2 aromatic carbocycles. The Balaban J connectivity index is 1.47. The molecule has 0 amide bonds. The van der Waals surface area contributed by atoms with Crippen LogP contribution in [-0.4, -0.2) is 51.4 Å². The second-order valence-electron chi connectivity index (χ2n) is 8.72. The molecule has 4 aromatic rings. The number of carboxylic acids is 1. The van der Waals surface area contributed by atoms with Crippen molar-refractivity contribution in [1.29, 1.82) is 0 Å². The van der Waals surface area contributed by atoms with E-state index in [0.29, 0.717) is 16.8 Å². The lowest BCUT2D eigenvalue weighted by atomic mass is 10.1. The van der Waals surface area contributed by atoms with E-state index in [-0.39, 0.29) is 41.1 Å². The van der Waals surface area contributed by atoms with Gasteiger partial charge in [0.05, 0.1) is 23.0 Å². The molecule has 192 valence electrons. The van der Waals surface area contributed by atoms with Crippen LogP contribution in [0.3, 0.4) is 0 Å². The van der Waals surface area contributed by atoms with Gasteiger partial charge in [-0.3, -0.25) is 4.79 Å². The van der Waals surface area contributed by atoms with Crippen molar-refractivity contribution in [3.63, 3.8) is 0 Å². The number of benzene rings is 2. The minimum atomic E-state index is -4.03. The quantitative estimate of drug-likeness (QED) is 0.348. The van der Waals surface area contributed by atoms with Crippen molar-refractivity contribution < 1.29 is 23.1 Å². The van der Waals surface area contributed by atoms with Gasteiger partial charge in [0.1, 0.15) is 22.8 Å². The second kappa shape index (κ2) is 9.94. The summed E-state index contributed by atoms with van der Waals surface area (Å²) in [6.45, 7) is 1.77. The molecule has 3 heterocycles. The highest BCUT2D eigenvalue weighted by atomic mass is 35.5. The molecule has 0 radical (unpaired) electrons. The molecule has 2 aromatic heterocycles. The fourth-order valence-corrected chi connectivity index (χ4v) is 6.77. The number of hydrogen-bond acceptors (Lipinski definition) is 6.